The minimum atomic E-state index is -0.401. The molecule has 0 bridgehead atoms. The predicted octanol–water partition coefficient (Wildman–Crippen LogP) is 5.50. The highest BCUT2D eigenvalue weighted by Gasteiger charge is 2.27. The maximum absolute atomic E-state index is 13.0. The zero-order valence-corrected chi connectivity index (χ0v) is 20.2. The fourth-order valence-corrected chi connectivity index (χ4v) is 4.89. The average molecular weight is 472 g/mol. The SMILES string of the molecule is COc1cc(C(=O)OC2CCc3[nH]c4ccc(Cc5ccccc5)cc4c3C2)cc(OC)c1OC. The minimum absolute atomic E-state index is 0.203. The third-order valence-corrected chi connectivity index (χ3v) is 6.63. The number of hydrogen-bond acceptors (Lipinski definition) is 5. The molecule has 1 aromatic heterocycles. The Morgan fingerprint density at radius 1 is 0.914 bits per heavy atom. The lowest BCUT2D eigenvalue weighted by Gasteiger charge is -2.23. The molecule has 35 heavy (non-hydrogen) atoms. The van der Waals surface area contributed by atoms with E-state index in [4.69, 9.17) is 18.9 Å². The van der Waals surface area contributed by atoms with Gasteiger partial charge in [-0.2, -0.15) is 0 Å². The molecule has 0 amide bonds. The van der Waals surface area contributed by atoms with Crippen LogP contribution in [-0.4, -0.2) is 38.4 Å². The molecule has 1 unspecified atom stereocenters. The molecule has 3 aromatic carbocycles. The molecule has 0 fully saturated rings. The molecule has 1 aliphatic carbocycles. The van der Waals surface area contributed by atoms with Crippen molar-refractivity contribution in [2.45, 2.75) is 31.8 Å². The number of methoxy groups -OCH3 is 3. The third-order valence-electron chi connectivity index (χ3n) is 6.63. The fraction of sp³-hybridized carbons (Fsp3) is 0.276. The van der Waals surface area contributed by atoms with Crippen molar-refractivity contribution in [2.75, 3.05) is 21.3 Å². The van der Waals surface area contributed by atoms with Crippen molar-refractivity contribution >= 4 is 16.9 Å². The summed E-state index contributed by atoms with van der Waals surface area (Å²) in [5, 5.41) is 1.21. The van der Waals surface area contributed by atoms with Gasteiger partial charge in [0.2, 0.25) is 5.75 Å². The maximum Gasteiger partial charge on any atom is 0.338 e. The minimum Gasteiger partial charge on any atom is -0.493 e. The van der Waals surface area contributed by atoms with Gasteiger partial charge in [0.05, 0.1) is 26.9 Å². The van der Waals surface area contributed by atoms with Crippen molar-refractivity contribution < 1.29 is 23.7 Å². The Balaban J connectivity index is 1.36. The second-order valence-corrected chi connectivity index (χ2v) is 8.81. The number of fused-ring (bicyclic) bond motifs is 3. The van der Waals surface area contributed by atoms with Crippen LogP contribution in [0.25, 0.3) is 10.9 Å². The fourth-order valence-electron chi connectivity index (χ4n) is 4.89. The predicted molar refractivity (Wildman–Crippen MR) is 135 cm³/mol. The third kappa shape index (κ3) is 4.56. The van der Waals surface area contributed by atoms with Crippen LogP contribution in [0.4, 0.5) is 0 Å². The van der Waals surface area contributed by atoms with E-state index in [1.165, 1.54) is 49.1 Å². The maximum atomic E-state index is 13.0. The molecule has 6 nitrogen and oxygen atoms in total. The van der Waals surface area contributed by atoms with E-state index >= 15 is 0 Å². The number of ether oxygens (including phenoxy) is 4. The van der Waals surface area contributed by atoms with Crippen LogP contribution in [0.3, 0.4) is 0 Å². The normalized spacial score (nSPS) is 14.9. The molecule has 180 valence electrons. The van der Waals surface area contributed by atoms with Crippen molar-refractivity contribution in [2.24, 2.45) is 0 Å². The Hall–Kier alpha value is -3.93. The lowest BCUT2D eigenvalue weighted by Crippen LogP contribution is -2.25. The molecule has 1 heterocycles. The molecular formula is C29H29NO5. The van der Waals surface area contributed by atoms with Crippen LogP contribution in [-0.2, 0) is 24.0 Å². The number of carbonyl (C=O) groups excluding carboxylic acids is 1. The lowest BCUT2D eigenvalue weighted by molar-refractivity contribution is 0.0270. The van der Waals surface area contributed by atoms with Crippen molar-refractivity contribution in [1.29, 1.82) is 0 Å². The number of esters is 1. The molecule has 4 aromatic rings. The highest BCUT2D eigenvalue weighted by molar-refractivity contribution is 5.91. The Labute approximate surface area is 204 Å². The zero-order chi connectivity index (χ0) is 24.4. The molecule has 1 aliphatic rings. The van der Waals surface area contributed by atoms with E-state index in [9.17, 15) is 4.79 Å². The number of benzene rings is 3. The molecule has 6 heteroatoms. The molecular weight excluding hydrogens is 442 g/mol. The molecule has 0 aliphatic heterocycles. The molecule has 0 saturated carbocycles. The van der Waals surface area contributed by atoms with Gasteiger partial charge in [-0.05, 0) is 60.2 Å². The van der Waals surface area contributed by atoms with E-state index in [1.54, 1.807) is 12.1 Å². The van der Waals surface area contributed by atoms with Gasteiger partial charge in [0.15, 0.2) is 11.5 Å². The zero-order valence-electron chi connectivity index (χ0n) is 20.2. The van der Waals surface area contributed by atoms with Crippen molar-refractivity contribution in [1.82, 2.24) is 4.98 Å². The quantitative estimate of drug-likeness (QED) is 0.361. The second-order valence-electron chi connectivity index (χ2n) is 8.81. The summed E-state index contributed by atoms with van der Waals surface area (Å²) >= 11 is 0. The molecule has 1 atom stereocenters. The standard InChI is InChI=1S/C29H29NO5/c1-32-26-15-20(16-27(33-2)28(26)34-3)29(31)35-21-10-12-25-23(17-21)22-14-19(9-11-24(22)30-25)13-18-7-5-4-6-8-18/h4-9,11,14-16,21,30H,10,12-13,17H2,1-3H3. The van der Waals surface area contributed by atoms with Crippen LogP contribution in [0.1, 0.15) is 39.2 Å². The molecule has 5 rings (SSSR count). The van der Waals surface area contributed by atoms with E-state index in [-0.39, 0.29) is 6.10 Å². The summed E-state index contributed by atoms with van der Waals surface area (Å²) in [6, 6.07) is 20.3. The first kappa shape index (κ1) is 22.8. The summed E-state index contributed by atoms with van der Waals surface area (Å²) in [5.41, 5.74) is 6.52. The Kier molecular flexibility index (Phi) is 6.36. The van der Waals surface area contributed by atoms with E-state index in [0.29, 0.717) is 29.2 Å². The first-order valence-corrected chi connectivity index (χ1v) is 11.8. The molecule has 0 radical (unpaired) electrons. The summed E-state index contributed by atoms with van der Waals surface area (Å²) in [5.74, 6) is 0.890. The Morgan fingerprint density at radius 2 is 1.66 bits per heavy atom. The van der Waals surface area contributed by atoms with E-state index in [0.717, 1.165) is 24.8 Å². The summed E-state index contributed by atoms with van der Waals surface area (Å²) in [6.07, 6.45) is 2.97. The van der Waals surface area contributed by atoms with Gasteiger partial charge in [0.1, 0.15) is 6.10 Å². The van der Waals surface area contributed by atoms with Gasteiger partial charge in [0, 0.05) is 23.0 Å². The van der Waals surface area contributed by atoms with Gasteiger partial charge in [-0.1, -0.05) is 36.4 Å². The Bertz CT molecular complexity index is 1330. The largest absolute Gasteiger partial charge is 0.493 e. The summed E-state index contributed by atoms with van der Waals surface area (Å²) in [6.45, 7) is 0. The number of rotatable bonds is 7. The summed E-state index contributed by atoms with van der Waals surface area (Å²) in [4.78, 5) is 16.6. The molecule has 0 saturated heterocycles. The van der Waals surface area contributed by atoms with Crippen LogP contribution >= 0.6 is 0 Å². The Morgan fingerprint density at radius 3 is 2.34 bits per heavy atom. The number of aromatic amines is 1. The number of aromatic nitrogens is 1. The summed E-state index contributed by atoms with van der Waals surface area (Å²) < 4.78 is 22.1. The van der Waals surface area contributed by atoms with Crippen LogP contribution < -0.4 is 14.2 Å². The first-order valence-electron chi connectivity index (χ1n) is 11.8. The van der Waals surface area contributed by atoms with Crippen LogP contribution in [0.5, 0.6) is 17.2 Å². The smallest absolute Gasteiger partial charge is 0.338 e. The van der Waals surface area contributed by atoms with E-state index < -0.39 is 5.97 Å². The van der Waals surface area contributed by atoms with Crippen LogP contribution in [0.2, 0.25) is 0 Å². The number of H-pyrrole nitrogens is 1. The summed E-state index contributed by atoms with van der Waals surface area (Å²) in [7, 11) is 4.58. The van der Waals surface area contributed by atoms with Crippen LogP contribution in [0.15, 0.2) is 60.7 Å². The van der Waals surface area contributed by atoms with Gasteiger partial charge >= 0.3 is 5.97 Å². The highest BCUT2D eigenvalue weighted by atomic mass is 16.5. The molecule has 0 spiro atoms. The lowest BCUT2D eigenvalue weighted by atomic mass is 9.92. The topological polar surface area (TPSA) is 69.8 Å². The highest BCUT2D eigenvalue weighted by Crippen LogP contribution is 2.39. The van der Waals surface area contributed by atoms with Crippen molar-refractivity contribution in [3.63, 3.8) is 0 Å². The first-order chi connectivity index (χ1) is 17.1. The number of aryl methyl sites for hydroxylation is 1. The van der Waals surface area contributed by atoms with Crippen molar-refractivity contribution in [3.8, 4) is 17.2 Å². The number of hydrogen-bond donors (Lipinski definition) is 1. The number of carbonyl (C=O) groups is 1. The second kappa shape index (κ2) is 9.74. The van der Waals surface area contributed by atoms with Gasteiger partial charge in [-0.25, -0.2) is 4.79 Å². The van der Waals surface area contributed by atoms with Gasteiger partial charge in [-0.3, -0.25) is 0 Å². The van der Waals surface area contributed by atoms with Gasteiger partial charge < -0.3 is 23.9 Å². The van der Waals surface area contributed by atoms with Crippen molar-refractivity contribution in [3.05, 3.63) is 88.6 Å². The van der Waals surface area contributed by atoms with Gasteiger partial charge in [-0.15, -0.1) is 0 Å². The molecule has 1 N–H and O–H groups in total. The van der Waals surface area contributed by atoms with Crippen LogP contribution in [0, 0.1) is 0 Å². The van der Waals surface area contributed by atoms with E-state index in [1.807, 2.05) is 6.07 Å². The van der Waals surface area contributed by atoms with Gasteiger partial charge in [0.25, 0.3) is 0 Å². The average Bonchev–Trinajstić information content (AvgIpc) is 3.25. The monoisotopic (exact) mass is 471 g/mol. The number of nitrogens with one attached hydrogen (secondary N) is 1. The van der Waals surface area contributed by atoms with E-state index in [2.05, 4.69) is 47.4 Å².